The highest BCUT2D eigenvalue weighted by atomic mass is 32.2. The van der Waals surface area contributed by atoms with E-state index in [-0.39, 0.29) is 10.7 Å². The number of hydrogen-bond acceptors (Lipinski definition) is 3. The zero-order chi connectivity index (χ0) is 10.4. The van der Waals surface area contributed by atoms with Gasteiger partial charge >= 0.3 is 0 Å². The molecule has 1 atom stereocenters. The van der Waals surface area contributed by atoms with E-state index < -0.39 is 5.54 Å². The average molecular weight is 214 g/mol. The predicted molar refractivity (Wildman–Crippen MR) is 59.2 cm³/mol. The Morgan fingerprint density at radius 1 is 1.50 bits per heavy atom. The first-order valence-corrected chi connectivity index (χ1v) is 6.16. The second-order valence-corrected chi connectivity index (χ2v) is 6.62. The van der Waals surface area contributed by atoms with Gasteiger partial charge in [0.2, 0.25) is 5.91 Å². The standard InChI is InChI=1S/C10H18N2OS/c1-9(2)7(6-14-9)12-8(13)10(11)4-3-5-10/h7H,3-6,11H2,1-2H3,(H,12,13). The van der Waals surface area contributed by atoms with Crippen molar-refractivity contribution in [1.29, 1.82) is 0 Å². The number of amides is 1. The largest absolute Gasteiger partial charge is 0.350 e. The van der Waals surface area contributed by atoms with Crippen LogP contribution in [0.15, 0.2) is 0 Å². The van der Waals surface area contributed by atoms with Crippen LogP contribution in [0.5, 0.6) is 0 Å². The van der Waals surface area contributed by atoms with E-state index in [2.05, 4.69) is 19.2 Å². The molecule has 1 saturated carbocycles. The van der Waals surface area contributed by atoms with Gasteiger partial charge in [-0.3, -0.25) is 4.79 Å². The fourth-order valence-corrected chi connectivity index (χ4v) is 2.94. The lowest BCUT2D eigenvalue weighted by molar-refractivity contribution is -0.130. The lowest BCUT2D eigenvalue weighted by Crippen LogP contribution is -2.65. The topological polar surface area (TPSA) is 55.1 Å². The van der Waals surface area contributed by atoms with Gasteiger partial charge in [0, 0.05) is 10.5 Å². The maximum atomic E-state index is 11.8. The van der Waals surface area contributed by atoms with E-state index >= 15 is 0 Å². The fourth-order valence-electron chi connectivity index (χ4n) is 1.80. The Bertz CT molecular complexity index is 261. The van der Waals surface area contributed by atoms with Crippen LogP contribution in [0.3, 0.4) is 0 Å². The smallest absolute Gasteiger partial charge is 0.240 e. The molecule has 0 radical (unpaired) electrons. The number of carbonyl (C=O) groups excluding carboxylic acids is 1. The summed E-state index contributed by atoms with van der Waals surface area (Å²) >= 11 is 1.89. The van der Waals surface area contributed by atoms with Gasteiger partial charge in [0.25, 0.3) is 0 Å². The molecule has 1 amide bonds. The zero-order valence-corrected chi connectivity index (χ0v) is 9.62. The van der Waals surface area contributed by atoms with Crippen LogP contribution in [-0.4, -0.2) is 28.0 Å². The molecular weight excluding hydrogens is 196 g/mol. The molecule has 1 aliphatic heterocycles. The number of thioether (sulfide) groups is 1. The monoisotopic (exact) mass is 214 g/mol. The highest BCUT2D eigenvalue weighted by Gasteiger charge is 2.45. The third-order valence-electron chi connectivity index (χ3n) is 3.46. The minimum Gasteiger partial charge on any atom is -0.350 e. The molecule has 0 aromatic carbocycles. The number of hydrogen-bond donors (Lipinski definition) is 2. The Hall–Kier alpha value is -0.220. The van der Waals surface area contributed by atoms with Crippen LogP contribution in [0, 0.1) is 0 Å². The number of nitrogens with one attached hydrogen (secondary N) is 1. The molecule has 1 aliphatic carbocycles. The second-order valence-electron chi connectivity index (χ2n) is 4.95. The minimum atomic E-state index is -0.545. The molecule has 1 unspecified atom stereocenters. The van der Waals surface area contributed by atoms with Gasteiger partial charge in [0.05, 0.1) is 11.6 Å². The lowest BCUT2D eigenvalue weighted by atomic mass is 9.77. The van der Waals surface area contributed by atoms with E-state index in [1.54, 1.807) is 0 Å². The SMILES string of the molecule is CC1(C)SCC1NC(=O)C1(N)CCC1. The maximum Gasteiger partial charge on any atom is 0.240 e. The average Bonchev–Trinajstić information content (AvgIpc) is 2.08. The van der Waals surface area contributed by atoms with Gasteiger partial charge in [-0.25, -0.2) is 0 Å². The minimum absolute atomic E-state index is 0.0575. The molecule has 2 fully saturated rings. The summed E-state index contributed by atoms with van der Waals surface area (Å²) in [6, 6.07) is 0.307. The van der Waals surface area contributed by atoms with E-state index in [4.69, 9.17) is 5.73 Å². The fraction of sp³-hybridized carbons (Fsp3) is 0.900. The quantitative estimate of drug-likeness (QED) is 0.717. The van der Waals surface area contributed by atoms with Crippen molar-refractivity contribution in [2.75, 3.05) is 5.75 Å². The van der Waals surface area contributed by atoms with Crippen LogP contribution in [-0.2, 0) is 4.79 Å². The first-order valence-electron chi connectivity index (χ1n) is 5.18. The molecule has 3 nitrogen and oxygen atoms in total. The predicted octanol–water partition coefficient (Wildman–Crippen LogP) is 0.878. The summed E-state index contributed by atoms with van der Waals surface area (Å²) in [6.07, 6.45) is 2.78. The Morgan fingerprint density at radius 3 is 2.43 bits per heavy atom. The molecule has 0 aromatic rings. The molecule has 3 N–H and O–H groups in total. The first-order chi connectivity index (χ1) is 6.44. The van der Waals surface area contributed by atoms with Crippen LogP contribution in [0.25, 0.3) is 0 Å². The van der Waals surface area contributed by atoms with Crippen molar-refractivity contribution in [2.24, 2.45) is 5.73 Å². The molecule has 2 rings (SSSR count). The third kappa shape index (κ3) is 1.54. The van der Waals surface area contributed by atoms with E-state index in [1.165, 1.54) is 0 Å². The van der Waals surface area contributed by atoms with Crippen LogP contribution in [0.4, 0.5) is 0 Å². The van der Waals surface area contributed by atoms with Gasteiger partial charge < -0.3 is 11.1 Å². The number of carbonyl (C=O) groups is 1. The molecule has 1 saturated heterocycles. The van der Waals surface area contributed by atoms with Crippen molar-refractivity contribution >= 4 is 17.7 Å². The summed E-state index contributed by atoms with van der Waals surface area (Å²) in [6.45, 7) is 4.33. The number of rotatable bonds is 2. The van der Waals surface area contributed by atoms with Gasteiger partial charge in [0.1, 0.15) is 0 Å². The van der Waals surface area contributed by atoms with E-state index in [0.29, 0.717) is 6.04 Å². The molecule has 2 aliphatic rings. The summed E-state index contributed by atoms with van der Waals surface area (Å²) < 4.78 is 0.190. The molecule has 0 bridgehead atoms. The van der Waals surface area contributed by atoms with Crippen molar-refractivity contribution in [1.82, 2.24) is 5.32 Å². The summed E-state index contributed by atoms with van der Waals surface area (Å²) in [5, 5.41) is 3.06. The van der Waals surface area contributed by atoms with Gasteiger partial charge in [-0.05, 0) is 33.1 Å². The van der Waals surface area contributed by atoms with Crippen molar-refractivity contribution in [3.8, 4) is 0 Å². The highest BCUT2D eigenvalue weighted by molar-refractivity contribution is 8.02. The van der Waals surface area contributed by atoms with Crippen molar-refractivity contribution in [3.63, 3.8) is 0 Å². The molecule has 80 valence electrons. The first kappa shape index (κ1) is 10.3. The van der Waals surface area contributed by atoms with Crippen molar-refractivity contribution in [3.05, 3.63) is 0 Å². The second kappa shape index (κ2) is 3.14. The van der Waals surface area contributed by atoms with Gasteiger partial charge in [-0.1, -0.05) is 0 Å². The summed E-state index contributed by atoms with van der Waals surface area (Å²) in [4.78, 5) is 11.8. The number of nitrogens with two attached hydrogens (primary N) is 1. The normalized spacial score (nSPS) is 32.6. The highest BCUT2D eigenvalue weighted by Crippen LogP contribution is 2.40. The Labute approximate surface area is 89.2 Å². The summed E-state index contributed by atoms with van der Waals surface area (Å²) in [5.41, 5.74) is 5.40. The van der Waals surface area contributed by atoms with Crippen molar-refractivity contribution < 1.29 is 4.79 Å². The third-order valence-corrected chi connectivity index (χ3v) is 4.99. The molecule has 0 aromatic heterocycles. The molecule has 1 heterocycles. The Balaban J connectivity index is 1.89. The summed E-state index contributed by atoms with van der Waals surface area (Å²) in [7, 11) is 0. The van der Waals surface area contributed by atoms with E-state index in [0.717, 1.165) is 25.0 Å². The Kier molecular flexibility index (Phi) is 2.31. The summed E-state index contributed by atoms with van der Waals surface area (Å²) in [5.74, 6) is 1.08. The van der Waals surface area contributed by atoms with Gasteiger partial charge in [-0.2, -0.15) is 11.8 Å². The molecule has 0 spiro atoms. The molecule has 14 heavy (non-hydrogen) atoms. The Morgan fingerprint density at radius 2 is 2.14 bits per heavy atom. The van der Waals surface area contributed by atoms with E-state index in [9.17, 15) is 4.79 Å². The lowest BCUT2D eigenvalue weighted by Gasteiger charge is -2.46. The van der Waals surface area contributed by atoms with Crippen LogP contribution in [0.2, 0.25) is 0 Å². The molecule has 4 heteroatoms. The molecular formula is C10H18N2OS. The zero-order valence-electron chi connectivity index (χ0n) is 8.80. The van der Waals surface area contributed by atoms with Crippen LogP contribution >= 0.6 is 11.8 Å². The van der Waals surface area contributed by atoms with Gasteiger partial charge in [0.15, 0.2) is 0 Å². The van der Waals surface area contributed by atoms with Crippen LogP contribution < -0.4 is 11.1 Å². The van der Waals surface area contributed by atoms with Crippen LogP contribution in [0.1, 0.15) is 33.1 Å². The van der Waals surface area contributed by atoms with Crippen molar-refractivity contribution in [2.45, 2.75) is 49.4 Å². The maximum absolute atomic E-state index is 11.8. The van der Waals surface area contributed by atoms with Gasteiger partial charge in [-0.15, -0.1) is 0 Å². The van der Waals surface area contributed by atoms with E-state index in [1.807, 2.05) is 11.8 Å².